The van der Waals surface area contributed by atoms with E-state index in [1.165, 1.54) is 22.4 Å². The number of nitrogens with one attached hydrogen (secondary N) is 1. The first-order chi connectivity index (χ1) is 9.67. The molecule has 0 unspecified atom stereocenters. The van der Waals surface area contributed by atoms with Crippen LogP contribution in [0.4, 0.5) is 5.69 Å². The van der Waals surface area contributed by atoms with Gasteiger partial charge in [-0.3, -0.25) is 0 Å². The first kappa shape index (κ1) is 14.6. The molecular formula is C18H24N2. The Balaban J connectivity index is 1.95. The summed E-state index contributed by atoms with van der Waals surface area (Å²) in [5, 5.41) is 3.49. The third kappa shape index (κ3) is 4.39. The van der Waals surface area contributed by atoms with Crippen LogP contribution in [0.25, 0.3) is 0 Å². The molecule has 0 atom stereocenters. The number of nitrogens with zero attached hydrogens (tertiary/aromatic N) is 1. The van der Waals surface area contributed by atoms with Crippen molar-refractivity contribution < 1.29 is 0 Å². The maximum Gasteiger partial charge on any atom is 0.0400 e. The lowest BCUT2D eigenvalue weighted by atomic mass is 10.1. The summed E-state index contributed by atoms with van der Waals surface area (Å²) in [6, 6.07) is 17.5. The molecule has 0 aromatic heterocycles. The zero-order chi connectivity index (χ0) is 14.4. The van der Waals surface area contributed by atoms with Crippen LogP contribution in [0.3, 0.4) is 0 Å². The van der Waals surface area contributed by atoms with Crippen LogP contribution in [0.5, 0.6) is 0 Å². The van der Waals surface area contributed by atoms with E-state index >= 15 is 0 Å². The molecule has 0 spiro atoms. The summed E-state index contributed by atoms with van der Waals surface area (Å²) in [6.45, 7) is 4.03. The zero-order valence-electron chi connectivity index (χ0n) is 12.7. The topological polar surface area (TPSA) is 15.3 Å². The van der Waals surface area contributed by atoms with Gasteiger partial charge in [-0.15, -0.1) is 0 Å². The number of anilines is 1. The Morgan fingerprint density at radius 2 is 1.60 bits per heavy atom. The van der Waals surface area contributed by atoms with E-state index in [1.807, 2.05) is 0 Å². The van der Waals surface area contributed by atoms with Gasteiger partial charge in [-0.05, 0) is 49.3 Å². The lowest BCUT2D eigenvalue weighted by Gasteiger charge is -2.12. The first-order valence-corrected chi connectivity index (χ1v) is 7.22. The van der Waals surface area contributed by atoms with Crippen LogP contribution in [-0.2, 0) is 19.5 Å². The quantitative estimate of drug-likeness (QED) is 0.854. The predicted octanol–water partition coefficient (Wildman–Crippen LogP) is 3.92. The van der Waals surface area contributed by atoms with Gasteiger partial charge in [0, 0.05) is 18.8 Å². The second kappa shape index (κ2) is 7.11. The molecular weight excluding hydrogens is 244 g/mol. The van der Waals surface area contributed by atoms with Crippen LogP contribution >= 0.6 is 0 Å². The molecule has 2 heteroatoms. The number of aryl methyl sites for hydroxylation is 1. The van der Waals surface area contributed by atoms with Crippen LogP contribution < -0.4 is 5.32 Å². The molecule has 2 aromatic carbocycles. The van der Waals surface area contributed by atoms with Crippen molar-refractivity contribution in [3.63, 3.8) is 0 Å². The zero-order valence-corrected chi connectivity index (χ0v) is 12.7. The molecule has 2 aromatic rings. The molecule has 2 nitrogen and oxygen atoms in total. The highest BCUT2D eigenvalue weighted by Gasteiger charge is 1.98. The summed E-state index contributed by atoms with van der Waals surface area (Å²) < 4.78 is 0. The van der Waals surface area contributed by atoms with E-state index in [9.17, 15) is 0 Å². The van der Waals surface area contributed by atoms with Gasteiger partial charge in [0.25, 0.3) is 0 Å². The van der Waals surface area contributed by atoms with E-state index in [4.69, 9.17) is 0 Å². The normalized spacial score (nSPS) is 10.8. The number of rotatable bonds is 6. The molecule has 106 valence electrons. The second-order valence-electron chi connectivity index (χ2n) is 5.46. The Labute approximate surface area is 122 Å². The monoisotopic (exact) mass is 268 g/mol. The molecule has 0 amide bonds. The van der Waals surface area contributed by atoms with E-state index in [0.29, 0.717) is 0 Å². The number of hydrogen-bond donors (Lipinski definition) is 1. The van der Waals surface area contributed by atoms with Gasteiger partial charge in [-0.1, -0.05) is 43.3 Å². The fourth-order valence-electron chi connectivity index (χ4n) is 2.24. The van der Waals surface area contributed by atoms with Gasteiger partial charge in [0.1, 0.15) is 0 Å². The average molecular weight is 268 g/mol. The lowest BCUT2D eigenvalue weighted by Crippen LogP contribution is -2.10. The van der Waals surface area contributed by atoms with Crippen LogP contribution in [0.2, 0.25) is 0 Å². The summed E-state index contributed by atoms with van der Waals surface area (Å²) in [5.41, 5.74) is 5.23. The number of benzene rings is 2. The fourth-order valence-corrected chi connectivity index (χ4v) is 2.24. The van der Waals surface area contributed by atoms with Gasteiger partial charge >= 0.3 is 0 Å². The second-order valence-corrected chi connectivity index (χ2v) is 5.46. The van der Waals surface area contributed by atoms with Crippen molar-refractivity contribution in [1.29, 1.82) is 0 Å². The highest BCUT2D eigenvalue weighted by molar-refractivity contribution is 5.46. The fraction of sp³-hybridized carbons (Fsp3) is 0.333. The van der Waals surface area contributed by atoms with Crippen molar-refractivity contribution in [2.75, 3.05) is 19.4 Å². The van der Waals surface area contributed by atoms with Crippen molar-refractivity contribution in [2.24, 2.45) is 0 Å². The van der Waals surface area contributed by atoms with Crippen molar-refractivity contribution >= 4 is 5.69 Å². The Morgan fingerprint density at radius 1 is 0.900 bits per heavy atom. The van der Waals surface area contributed by atoms with Gasteiger partial charge in [0.2, 0.25) is 0 Å². The molecule has 0 aliphatic carbocycles. The summed E-state index contributed by atoms with van der Waals surface area (Å²) in [5.74, 6) is 0. The molecule has 0 saturated heterocycles. The molecule has 0 heterocycles. The van der Waals surface area contributed by atoms with E-state index < -0.39 is 0 Å². The highest BCUT2D eigenvalue weighted by atomic mass is 15.0. The third-order valence-electron chi connectivity index (χ3n) is 3.35. The predicted molar refractivity (Wildman–Crippen MR) is 87.0 cm³/mol. The van der Waals surface area contributed by atoms with Crippen LogP contribution in [0.1, 0.15) is 23.6 Å². The van der Waals surface area contributed by atoms with Crippen LogP contribution in [0, 0.1) is 0 Å². The minimum atomic E-state index is 0.870. The molecule has 0 fully saturated rings. The Kier molecular flexibility index (Phi) is 5.19. The van der Waals surface area contributed by atoms with Crippen molar-refractivity contribution in [3.8, 4) is 0 Å². The van der Waals surface area contributed by atoms with E-state index in [2.05, 4.69) is 79.8 Å². The molecule has 20 heavy (non-hydrogen) atoms. The SMILES string of the molecule is CCc1ccc(CNc2cccc(CN(C)C)c2)cc1. The highest BCUT2D eigenvalue weighted by Crippen LogP contribution is 2.13. The third-order valence-corrected chi connectivity index (χ3v) is 3.35. The summed E-state index contributed by atoms with van der Waals surface area (Å²) in [4.78, 5) is 2.18. The van der Waals surface area contributed by atoms with Gasteiger partial charge in [0.15, 0.2) is 0 Å². The van der Waals surface area contributed by atoms with Gasteiger partial charge in [-0.25, -0.2) is 0 Å². The Bertz CT molecular complexity index is 529. The number of hydrogen-bond acceptors (Lipinski definition) is 2. The molecule has 0 aliphatic heterocycles. The van der Waals surface area contributed by atoms with Crippen molar-refractivity contribution in [1.82, 2.24) is 4.90 Å². The molecule has 0 radical (unpaired) electrons. The minimum Gasteiger partial charge on any atom is -0.381 e. The van der Waals surface area contributed by atoms with Gasteiger partial charge in [0.05, 0.1) is 0 Å². The molecule has 2 rings (SSSR count). The standard InChI is InChI=1S/C18H24N2/c1-4-15-8-10-16(11-9-15)13-19-18-7-5-6-17(12-18)14-20(2)3/h5-12,19H,4,13-14H2,1-3H3. The van der Waals surface area contributed by atoms with Crippen LogP contribution in [0.15, 0.2) is 48.5 Å². The maximum absolute atomic E-state index is 3.49. The van der Waals surface area contributed by atoms with E-state index in [-0.39, 0.29) is 0 Å². The molecule has 0 aliphatic rings. The lowest BCUT2D eigenvalue weighted by molar-refractivity contribution is 0.402. The Hall–Kier alpha value is -1.80. The summed E-state index contributed by atoms with van der Waals surface area (Å²) >= 11 is 0. The van der Waals surface area contributed by atoms with Crippen molar-refractivity contribution in [2.45, 2.75) is 26.4 Å². The van der Waals surface area contributed by atoms with E-state index in [0.717, 1.165) is 19.5 Å². The molecule has 1 N–H and O–H groups in total. The minimum absolute atomic E-state index is 0.870. The van der Waals surface area contributed by atoms with Crippen LogP contribution in [-0.4, -0.2) is 19.0 Å². The van der Waals surface area contributed by atoms with E-state index in [1.54, 1.807) is 0 Å². The largest absolute Gasteiger partial charge is 0.381 e. The smallest absolute Gasteiger partial charge is 0.0400 e. The van der Waals surface area contributed by atoms with Gasteiger partial charge in [-0.2, -0.15) is 0 Å². The van der Waals surface area contributed by atoms with Crippen molar-refractivity contribution in [3.05, 3.63) is 65.2 Å². The van der Waals surface area contributed by atoms with Gasteiger partial charge < -0.3 is 10.2 Å². The summed E-state index contributed by atoms with van der Waals surface area (Å²) in [6.07, 6.45) is 1.10. The summed E-state index contributed by atoms with van der Waals surface area (Å²) in [7, 11) is 4.19. The first-order valence-electron chi connectivity index (χ1n) is 7.22. The molecule has 0 saturated carbocycles. The Morgan fingerprint density at radius 3 is 2.25 bits per heavy atom. The maximum atomic E-state index is 3.49. The average Bonchev–Trinajstić information content (AvgIpc) is 2.45. The molecule has 0 bridgehead atoms.